The fourth-order valence-corrected chi connectivity index (χ4v) is 2.40. The van der Waals surface area contributed by atoms with Gasteiger partial charge in [0.15, 0.2) is 0 Å². The number of amides is 4. The van der Waals surface area contributed by atoms with Gasteiger partial charge in [-0.05, 0) is 0 Å². The van der Waals surface area contributed by atoms with Crippen LogP contribution < -0.4 is 32.7 Å². The Hall–Kier alpha value is -2.28. The Kier molecular flexibility index (Phi) is 16.6. The van der Waals surface area contributed by atoms with Crippen LogP contribution in [0.5, 0.6) is 0 Å². The third-order valence-electron chi connectivity index (χ3n) is 3.77. The highest BCUT2D eigenvalue weighted by Crippen LogP contribution is 1.87. The van der Waals surface area contributed by atoms with Crippen molar-refractivity contribution in [1.82, 2.24) is 31.1 Å². The number of hydrogen-bond donors (Lipinski definition) is 6. The highest BCUT2D eigenvalue weighted by atomic mass is 16.2. The maximum absolute atomic E-state index is 11.8. The predicted octanol–water partition coefficient (Wildman–Crippen LogP) is -4.42. The van der Waals surface area contributed by atoms with E-state index >= 15 is 0 Å². The number of rotatable bonds is 19. The average molecular weight is 403 g/mol. The molecule has 4 amide bonds. The lowest BCUT2D eigenvalue weighted by molar-refractivity contribution is -0.129. The maximum Gasteiger partial charge on any atom is 0.229 e. The average Bonchev–Trinajstić information content (AvgIpc) is 2.66. The van der Waals surface area contributed by atoms with Crippen molar-refractivity contribution in [3.05, 3.63) is 0 Å². The summed E-state index contributed by atoms with van der Waals surface area (Å²) in [4.78, 5) is 48.2. The Balaban J connectivity index is 4.01. The summed E-state index contributed by atoms with van der Waals surface area (Å²) in [6, 6.07) is 0. The van der Waals surface area contributed by atoms with Gasteiger partial charge < -0.3 is 32.7 Å². The Labute approximate surface area is 165 Å². The van der Waals surface area contributed by atoms with Crippen LogP contribution in [0.1, 0.15) is 6.42 Å². The third kappa shape index (κ3) is 14.8. The van der Waals surface area contributed by atoms with Gasteiger partial charge in [0.1, 0.15) is 6.42 Å². The van der Waals surface area contributed by atoms with Crippen molar-refractivity contribution < 1.29 is 19.2 Å². The highest BCUT2D eigenvalue weighted by Gasteiger charge is 2.10. The van der Waals surface area contributed by atoms with Gasteiger partial charge in [-0.3, -0.25) is 29.0 Å². The molecule has 0 heterocycles. The van der Waals surface area contributed by atoms with Gasteiger partial charge in [-0.25, -0.2) is 0 Å². The molecular weight excluding hydrogens is 368 g/mol. The van der Waals surface area contributed by atoms with Gasteiger partial charge >= 0.3 is 0 Å². The van der Waals surface area contributed by atoms with Gasteiger partial charge in [0, 0.05) is 65.4 Å². The van der Waals surface area contributed by atoms with Crippen LogP contribution in [0.25, 0.3) is 0 Å². The first-order valence-corrected chi connectivity index (χ1v) is 9.29. The molecule has 0 aromatic heterocycles. The zero-order valence-electron chi connectivity index (χ0n) is 16.3. The van der Waals surface area contributed by atoms with Crippen molar-refractivity contribution in [3.8, 4) is 0 Å². The van der Waals surface area contributed by atoms with Crippen molar-refractivity contribution >= 4 is 24.6 Å². The van der Waals surface area contributed by atoms with Crippen LogP contribution in [0.15, 0.2) is 0 Å². The van der Waals surface area contributed by atoms with E-state index in [0.717, 1.165) is 0 Å². The summed E-state index contributed by atoms with van der Waals surface area (Å²) < 4.78 is 0. The van der Waals surface area contributed by atoms with Crippen LogP contribution >= 0.6 is 0 Å². The second kappa shape index (κ2) is 18.1. The largest absolute Gasteiger partial charge is 0.357 e. The molecule has 0 unspecified atom stereocenters. The van der Waals surface area contributed by atoms with Gasteiger partial charge in [0.05, 0.1) is 6.67 Å². The quantitative estimate of drug-likeness (QED) is 0.0543. The van der Waals surface area contributed by atoms with E-state index in [1.54, 1.807) is 0 Å². The van der Waals surface area contributed by atoms with Crippen LogP contribution in [0.3, 0.4) is 0 Å². The number of nitrogens with two attached hydrogens (primary N) is 2. The molecule has 0 aromatic rings. The second-order valence-electron chi connectivity index (χ2n) is 5.97. The van der Waals surface area contributed by atoms with E-state index in [-0.39, 0.29) is 18.2 Å². The van der Waals surface area contributed by atoms with Crippen LogP contribution in [0.4, 0.5) is 0 Å². The first-order chi connectivity index (χ1) is 13.6. The van der Waals surface area contributed by atoms with E-state index in [4.69, 9.17) is 11.5 Å². The summed E-state index contributed by atoms with van der Waals surface area (Å²) >= 11 is 0. The highest BCUT2D eigenvalue weighted by molar-refractivity contribution is 5.96. The first-order valence-electron chi connectivity index (χ1n) is 9.29. The predicted molar refractivity (Wildman–Crippen MR) is 105 cm³/mol. The van der Waals surface area contributed by atoms with E-state index in [9.17, 15) is 19.2 Å². The normalized spacial score (nSPS) is 10.6. The number of carbonyl (C=O) groups is 4. The fraction of sp³-hybridized carbons (Fsp3) is 0.750. The van der Waals surface area contributed by atoms with E-state index in [1.165, 1.54) is 0 Å². The lowest BCUT2D eigenvalue weighted by Gasteiger charge is -2.21. The molecule has 8 N–H and O–H groups in total. The van der Waals surface area contributed by atoms with E-state index < -0.39 is 0 Å². The molecule has 28 heavy (non-hydrogen) atoms. The summed E-state index contributed by atoms with van der Waals surface area (Å²) in [7, 11) is 0. The molecule has 0 aliphatic heterocycles. The fourth-order valence-electron chi connectivity index (χ4n) is 2.40. The number of carbonyl (C=O) groups excluding carboxylic acids is 4. The SMILES string of the molecule is NCCN(CCN)CCNC(=O)CC(=O)NCCN(CCNC=O)CNC=O. The number of nitrogens with zero attached hydrogens (tertiary/aromatic N) is 2. The van der Waals surface area contributed by atoms with E-state index in [2.05, 4.69) is 21.3 Å². The molecule has 0 saturated heterocycles. The number of hydrogen-bond acceptors (Lipinski definition) is 8. The topological polar surface area (TPSA) is 175 Å². The molecule has 0 rings (SSSR count). The first kappa shape index (κ1) is 25.7. The molecule has 12 heteroatoms. The van der Waals surface area contributed by atoms with Crippen molar-refractivity contribution in [2.45, 2.75) is 6.42 Å². The summed E-state index contributed by atoms with van der Waals surface area (Å²) in [6.45, 7) is 5.47. The molecule has 0 atom stereocenters. The van der Waals surface area contributed by atoms with Gasteiger partial charge in [0.25, 0.3) is 0 Å². The van der Waals surface area contributed by atoms with Gasteiger partial charge in [-0.15, -0.1) is 0 Å². The van der Waals surface area contributed by atoms with Crippen LogP contribution in [-0.4, -0.2) is 107 Å². The third-order valence-corrected chi connectivity index (χ3v) is 3.77. The minimum absolute atomic E-state index is 0.257. The monoisotopic (exact) mass is 402 g/mol. The lowest BCUT2D eigenvalue weighted by Crippen LogP contribution is -2.43. The molecule has 162 valence electrons. The van der Waals surface area contributed by atoms with Crippen molar-refractivity contribution in [1.29, 1.82) is 0 Å². The summed E-state index contributed by atoms with van der Waals surface area (Å²) in [5.41, 5.74) is 11.0. The Bertz CT molecular complexity index is 446. The molecular formula is C16H34N8O4. The van der Waals surface area contributed by atoms with E-state index in [1.807, 2.05) is 9.80 Å². The lowest BCUT2D eigenvalue weighted by atomic mass is 10.3. The smallest absolute Gasteiger partial charge is 0.229 e. The summed E-state index contributed by atoms with van der Waals surface area (Å²) in [6.07, 6.45) is 0.912. The molecule has 0 radical (unpaired) electrons. The van der Waals surface area contributed by atoms with Gasteiger partial charge in [-0.2, -0.15) is 0 Å². The van der Waals surface area contributed by atoms with Crippen LogP contribution in [-0.2, 0) is 19.2 Å². The van der Waals surface area contributed by atoms with Gasteiger partial charge in [0.2, 0.25) is 24.6 Å². The van der Waals surface area contributed by atoms with Crippen LogP contribution in [0.2, 0.25) is 0 Å². The zero-order chi connectivity index (χ0) is 21.0. The molecule has 0 aliphatic carbocycles. The van der Waals surface area contributed by atoms with E-state index in [0.29, 0.717) is 84.9 Å². The second-order valence-corrected chi connectivity index (χ2v) is 5.97. The molecule has 0 bridgehead atoms. The molecule has 0 aliphatic rings. The van der Waals surface area contributed by atoms with Crippen molar-refractivity contribution in [2.75, 3.05) is 72.1 Å². The van der Waals surface area contributed by atoms with Crippen molar-refractivity contribution in [3.63, 3.8) is 0 Å². The zero-order valence-corrected chi connectivity index (χ0v) is 16.3. The summed E-state index contributed by atoms with van der Waals surface area (Å²) in [5, 5.41) is 10.4. The molecule has 0 saturated carbocycles. The molecule has 0 spiro atoms. The Morgan fingerprint density at radius 3 is 1.71 bits per heavy atom. The molecule has 0 aromatic carbocycles. The summed E-state index contributed by atoms with van der Waals surface area (Å²) in [5.74, 6) is -0.736. The standard InChI is InChI=1S/C16H34N8O4/c17-1-6-23(7-2-18)9-4-21-15(27)11-16(28)22-5-10-24(12-20-14-26)8-3-19-13-25/h13-14H,1-12,17-18H2,(H,19,25)(H,20,26)(H,21,27)(H,22,28). The molecule has 12 nitrogen and oxygen atoms in total. The Morgan fingerprint density at radius 2 is 1.21 bits per heavy atom. The number of nitrogens with one attached hydrogen (secondary N) is 4. The van der Waals surface area contributed by atoms with Gasteiger partial charge in [-0.1, -0.05) is 0 Å². The molecule has 0 fully saturated rings. The minimum Gasteiger partial charge on any atom is -0.357 e. The minimum atomic E-state index is -0.382. The maximum atomic E-state index is 11.8. The Morgan fingerprint density at radius 1 is 0.714 bits per heavy atom. The van der Waals surface area contributed by atoms with Crippen molar-refractivity contribution in [2.24, 2.45) is 11.5 Å². The van der Waals surface area contributed by atoms with Crippen LogP contribution in [0, 0.1) is 0 Å².